The Bertz CT molecular complexity index is 4670. The minimum atomic E-state index is -0.447. The first-order chi connectivity index (χ1) is 39.4. The molecule has 0 spiro atoms. The summed E-state index contributed by atoms with van der Waals surface area (Å²) in [5.74, 6) is 0.195. The predicted octanol–water partition coefficient (Wildman–Crippen LogP) is 15.9. The molecule has 0 bridgehead atoms. The number of aromatic nitrogens is 5. The van der Waals surface area contributed by atoms with Gasteiger partial charge in [-0.3, -0.25) is 0 Å². The monoisotopic (exact) mass is 1030 g/mol. The van der Waals surface area contributed by atoms with Crippen molar-refractivity contribution in [2.75, 3.05) is 0 Å². The van der Waals surface area contributed by atoms with Gasteiger partial charge in [0.1, 0.15) is 13.2 Å². The van der Waals surface area contributed by atoms with Crippen LogP contribution in [-0.4, -0.2) is 36.0 Å². The number of para-hydroxylation sites is 3. The van der Waals surface area contributed by atoms with Crippen LogP contribution in [0.15, 0.2) is 237 Å². The number of carbonyl (C=O) groups is 2. The standard InChI is InChI=1S/C69H43N7O4/c1-71-58-26-14-11-23-51(58)48-30-34-63(75-59-27-15-12-24-52(59)55-39-49(31-35-61(55)75)68(77)79-42-44-17-5-2-6-18-44)57(38-48)67-73-65(47-21-9-4-10-22-47)72-66(74-67)54-33-29-46(41-70)37-64(54)76-60-28-16-13-25-53(60)56-40-50(32-36-62(56)76)69(78)80-43-45-19-7-3-8-20-45/h2-40H,42-43H2. The topological polar surface area (TPSA) is 129 Å². The van der Waals surface area contributed by atoms with E-state index in [1.807, 2.05) is 212 Å². The van der Waals surface area contributed by atoms with E-state index in [0.717, 1.165) is 77.1 Å². The maximum absolute atomic E-state index is 13.7. The number of benzene rings is 10. The number of nitrogens with zero attached hydrogens (tertiary/aromatic N) is 7. The number of hydrogen-bond donors (Lipinski definition) is 0. The fourth-order valence-corrected chi connectivity index (χ4v) is 10.5. The highest BCUT2D eigenvalue weighted by atomic mass is 16.5. The molecular formula is C69H43N7O4. The second kappa shape index (κ2) is 20.7. The lowest BCUT2D eigenvalue weighted by Gasteiger charge is -2.18. The zero-order chi connectivity index (χ0) is 54.1. The van der Waals surface area contributed by atoms with E-state index in [-0.39, 0.29) is 13.2 Å². The molecule has 0 unspecified atom stereocenters. The fraction of sp³-hybridized carbons (Fsp3) is 0.0290. The lowest BCUT2D eigenvalue weighted by molar-refractivity contribution is 0.0464. The van der Waals surface area contributed by atoms with E-state index in [4.69, 9.17) is 31.0 Å². The van der Waals surface area contributed by atoms with Crippen molar-refractivity contribution in [1.29, 1.82) is 5.26 Å². The lowest BCUT2D eigenvalue weighted by atomic mass is 9.99. The summed E-state index contributed by atoms with van der Waals surface area (Å²) in [6.45, 7) is 8.43. The molecule has 80 heavy (non-hydrogen) atoms. The minimum absolute atomic E-state index is 0.135. The number of ether oxygens (including phenoxy) is 2. The van der Waals surface area contributed by atoms with Gasteiger partial charge in [0.25, 0.3) is 0 Å². The Balaban J connectivity index is 1.01. The molecule has 378 valence electrons. The highest BCUT2D eigenvalue weighted by molar-refractivity contribution is 6.13. The smallest absolute Gasteiger partial charge is 0.338 e. The van der Waals surface area contributed by atoms with E-state index in [1.165, 1.54) is 0 Å². The zero-order valence-corrected chi connectivity index (χ0v) is 42.7. The van der Waals surface area contributed by atoms with Crippen LogP contribution in [0.3, 0.4) is 0 Å². The third-order valence-corrected chi connectivity index (χ3v) is 14.3. The molecule has 10 aromatic carbocycles. The van der Waals surface area contributed by atoms with Gasteiger partial charge in [-0.15, -0.1) is 0 Å². The lowest BCUT2D eigenvalue weighted by Crippen LogP contribution is -2.06. The zero-order valence-electron chi connectivity index (χ0n) is 42.7. The number of nitriles is 1. The molecule has 11 heteroatoms. The first kappa shape index (κ1) is 48.4. The number of esters is 2. The molecule has 0 amide bonds. The molecule has 0 aliphatic heterocycles. The quantitative estimate of drug-likeness (QED) is 0.0874. The van der Waals surface area contributed by atoms with Crippen LogP contribution in [0.2, 0.25) is 0 Å². The molecule has 0 aliphatic carbocycles. The van der Waals surface area contributed by atoms with Gasteiger partial charge in [0.05, 0.1) is 62.8 Å². The van der Waals surface area contributed by atoms with Gasteiger partial charge in [0, 0.05) is 38.2 Å². The summed E-state index contributed by atoms with van der Waals surface area (Å²) in [7, 11) is 0. The maximum atomic E-state index is 13.7. The van der Waals surface area contributed by atoms with E-state index >= 15 is 0 Å². The van der Waals surface area contributed by atoms with Crippen LogP contribution in [0, 0.1) is 17.9 Å². The van der Waals surface area contributed by atoms with Crippen molar-refractivity contribution in [1.82, 2.24) is 24.1 Å². The molecule has 0 saturated heterocycles. The Morgan fingerprint density at radius 2 is 0.938 bits per heavy atom. The van der Waals surface area contributed by atoms with Crippen LogP contribution < -0.4 is 0 Å². The molecule has 13 rings (SSSR count). The first-order valence-corrected chi connectivity index (χ1v) is 25.9. The minimum Gasteiger partial charge on any atom is -0.457 e. The van der Waals surface area contributed by atoms with Crippen molar-refractivity contribution < 1.29 is 19.1 Å². The van der Waals surface area contributed by atoms with Gasteiger partial charge in [-0.05, 0) is 101 Å². The Kier molecular flexibility index (Phi) is 12.5. The summed E-state index contributed by atoms with van der Waals surface area (Å²) in [6.07, 6.45) is 0. The number of carbonyl (C=O) groups excluding carboxylic acids is 2. The Morgan fingerprint density at radius 1 is 0.438 bits per heavy atom. The fourth-order valence-electron chi connectivity index (χ4n) is 10.5. The van der Waals surface area contributed by atoms with E-state index in [9.17, 15) is 14.9 Å². The van der Waals surface area contributed by atoms with Crippen molar-refractivity contribution in [3.05, 3.63) is 276 Å². The van der Waals surface area contributed by atoms with E-state index < -0.39 is 11.9 Å². The van der Waals surface area contributed by atoms with Gasteiger partial charge >= 0.3 is 11.9 Å². The van der Waals surface area contributed by atoms with E-state index in [1.54, 1.807) is 24.3 Å². The number of hydrogen-bond acceptors (Lipinski definition) is 8. The molecular weight excluding hydrogens is 991 g/mol. The average molecular weight is 1030 g/mol. The molecule has 3 aromatic heterocycles. The van der Waals surface area contributed by atoms with Crippen molar-refractivity contribution in [2.45, 2.75) is 13.2 Å². The highest BCUT2D eigenvalue weighted by Gasteiger charge is 2.25. The number of fused-ring (bicyclic) bond motifs is 6. The highest BCUT2D eigenvalue weighted by Crippen LogP contribution is 2.42. The van der Waals surface area contributed by atoms with Crippen molar-refractivity contribution in [3.63, 3.8) is 0 Å². The van der Waals surface area contributed by atoms with Crippen LogP contribution in [0.5, 0.6) is 0 Å². The SMILES string of the molecule is [C-]#[N+]c1ccccc1-c1ccc(-n2c3ccccc3c3cc(C(=O)OCc4ccccc4)ccc32)c(-c2nc(-c3ccccc3)nc(-c3ccc(C#N)cc3-n3c4ccccc4c4cc(C(=O)OCc5ccccc5)ccc43)n2)c1. The summed E-state index contributed by atoms with van der Waals surface area (Å²) in [5.41, 5.74) is 11.7. The van der Waals surface area contributed by atoms with Gasteiger partial charge < -0.3 is 18.6 Å². The van der Waals surface area contributed by atoms with Gasteiger partial charge in [-0.1, -0.05) is 158 Å². The molecule has 0 radical (unpaired) electrons. The number of rotatable bonds is 12. The van der Waals surface area contributed by atoms with Crippen molar-refractivity contribution in [2.24, 2.45) is 0 Å². The molecule has 11 nitrogen and oxygen atoms in total. The summed E-state index contributed by atoms with van der Waals surface area (Å²) in [5, 5.41) is 14.0. The molecule has 0 saturated carbocycles. The Morgan fingerprint density at radius 3 is 1.52 bits per heavy atom. The molecule has 0 aliphatic rings. The largest absolute Gasteiger partial charge is 0.457 e. The second-order valence-electron chi connectivity index (χ2n) is 19.2. The summed E-state index contributed by atoms with van der Waals surface area (Å²) in [6, 6.07) is 77.5. The molecule has 0 fully saturated rings. The Labute approximate surface area is 459 Å². The van der Waals surface area contributed by atoms with Crippen LogP contribution in [-0.2, 0) is 22.7 Å². The average Bonchev–Trinajstić information content (AvgIpc) is 4.20. The van der Waals surface area contributed by atoms with Crippen LogP contribution in [0.25, 0.3) is 105 Å². The first-order valence-electron chi connectivity index (χ1n) is 25.9. The van der Waals surface area contributed by atoms with Crippen LogP contribution >= 0.6 is 0 Å². The van der Waals surface area contributed by atoms with Gasteiger partial charge in [0.2, 0.25) is 0 Å². The molecule has 3 heterocycles. The third kappa shape index (κ3) is 8.92. The van der Waals surface area contributed by atoms with Crippen molar-refractivity contribution in [3.8, 4) is 62.7 Å². The van der Waals surface area contributed by atoms with Crippen LogP contribution in [0.1, 0.15) is 37.4 Å². The molecule has 0 atom stereocenters. The summed E-state index contributed by atoms with van der Waals surface area (Å²) in [4.78, 5) is 47.3. The van der Waals surface area contributed by atoms with E-state index in [0.29, 0.717) is 56.7 Å². The Hall–Kier alpha value is -11.3. The van der Waals surface area contributed by atoms with Gasteiger partial charge in [0.15, 0.2) is 23.2 Å². The van der Waals surface area contributed by atoms with E-state index in [2.05, 4.69) is 20.0 Å². The normalized spacial score (nSPS) is 11.2. The summed E-state index contributed by atoms with van der Waals surface area (Å²) >= 11 is 0. The van der Waals surface area contributed by atoms with Gasteiger partial charge in [-0.25, -0.2) is 29.4 Å². The predicted molar refractivity (Wildman–Crippen MR) is 312 cm³/mol. The third-order valence-electron chi connectivity index (χ3n) is 14.3. The summed E-state index contributed by atoms with van der Waals surface area (Å²) < 4.78 is 15.8. The van der Waals surface area contributed by atoms with Crippen LogP contribution in [0.4, 0.5) is 5.69 Å². The van der Waals surface area contributed by atoms with Gasteiger partial charge in [-0.2, -0.15) is 5.26 Å². The van der Waals surface area contributed by atoms with Crippen molar-refractivity contribution >= 4 is 61.2 Å². The molecule has 0 N–H and O–H groups in total. The molecule has 13 aromatic rings. The second-order valence-corrected chi connectivity index (χ2v) is 19.2. The maximum Gasteiger partial charge on any atom is 0.338 e.